The van der Waals surface area contributed by atoms with Gasteiger partial charge in [-0.2, -0.15) is 0 Å². The van der Waals surface area contributed by atoms with Gasteiger partial charge in [0.1, 0.15) is 6.04 Å². The fraction of sp³-hybridized carbons (Fsp3) is 0.192. The van der Waals surface area contributed by atoms with Crippen molar-refractivity contribution in [2.24, 2.45) is 0 Å². The molecule has 0 spiro atoms. The number of nitrogens with zero attached hydrogens (tertiary/aromatic N) is 1. The zero-order valence-corrected chi connectivity index (χ0v) is 16.9. The van der Waals surface area contributed by atoms with Gasteiger partial charge in [0.25, 0.3) is 0 Å². The number of nitrogens with one attached hydrogen (secondary N) is 1. The van der Waals surface area contributed by atoms with Crippen LogP contribution in [0.15, 0.2) is 84.9 Å². The van der Waals surface area contributed by atoms with Crippen LogP contribution in [-0.2, 0) is 22.5 Å². The molecular formula is C26H24N2O2. The Morgan fingerprint density at radius 1 is 0.967 bits per heavy atom. The first-order valence-electron chi connectivity index (χ1n) is 10.3. The number of fused-ring (bicyclic) bond motifs is 3. The normalized spacial score (nSPS) is 18.8. The zero-order valence-electron chi connectivity index (χ0n) is 16.9. The third-order valence-electron chi connectivity index (χ3n) is 6.05. The third kappa shape index (κ3) is 3.19. The van der Waals surface area contributed by atoms with E-state index < -0.39 is 0 Å². The van der Waals surface area contributed by atoms with Crippen molar-refractivity contribution in [3.8, 4) is 0 Å². The Bertz CT molecular complexity index is 1170. The quantitative estimate of drug-likeness (QED) is 0.501. The number of benzene rings is 3. The molecule has 150 valence electrons. The predicted octanol–water partition coefficient (Wildman–Crippen LogP) is 4.86. The van der Waals surface area contributed by atoms with Crippen LogP contribution in [0.25, 0.3) is 10.9 Å². The molecule has 0 bridgehead atoms. The molecule has 0 saturated heterocycles. The van der Waals surface area contributed by atoms with Crippen molar-refractivity contribution >= 4 is 16.9 Å². The molecule has 5 rings (SSSR count). The summed E-state index contributed by atoms with van der Waals surface area (Å²) >= 11 is 0. The molecule has 0 fully saturated rings. The van der Waals surface area contributed by atoms with Crippen molar-refractivity contribution in [3.05, 3.63) is 107 Å². The largest absolute Gasteiger partial charge is 0.468 e. The van der Waals surface area contributed by atoms with Gasteiger partial charge in [0.2, 0.25) is 0 Å². The molecule has 0 saturated carbocycles. The van der Waals surface area contributed by atoms with Gasteiger partial charge in [0, 0.05) is 29.6 Å². The number of aromatic amines is 1. The Morgan fingerprint density at radius 2 is 1.63 bits per heavy atom. The number of ether oxygens (including phenoxy) is 1. The number of para-hydroxylation sites is 1. The minimum absolute atomic E-state index is 0.0633. The molecule has 30 heavy (non-hydrogen) atoms. The molecule has 3 aromatic carbocycles. The zero-order chi connectivity index (χ0) is 20.5. The van der Waals surface area contributed by atoms with Gasteiger partial charge >= 0.3 is 5.97 Å². The summed E-state index contributed by atoms with van der Waals surface area (Å²) < 4.78 is 5.25. The Hall–Kier alpha value is -3.37. The summed E-state index contributed by atoms with van der Waals surface area (Å²) in [4.78, 5) is 18.9. The number of carbonyl (C=O) groups excluding carboxylic acids is 1. The molecule has 0 amide bonds. The second kappa shape index (κ2) is 7.81. The van der Waals surface area contributed by atoms with Gasteiger partial charge in [-0.1, -0.05) is 78.9 Å². The molecule has 4 aromatic rings. The Kier molecular flexibility index (Phi) is 4.85. The van der Waals surface area contributed by atoms with Gasteiger partial charge in [-0.15, -0.1) is 0 Å². The van der Waals surface area contributed by atoms with Crippen LogP contribution in [-0.4, -0.2) is 29.0 Å². The van der Waals surface area contributed by atoms with Crippen LogP contribution in [0, 0.1) is 0 Å². The number of hydrogen-bond donors (Lipinski definition) is 1. The van der Waals surface area contributed by atoms with Gasteiger partial charge < -0.3 is 9.72 Å². The first kappa shape index (κ1) is 18.6. The number of esters is 1. The highest BCUT2D eigenvalue weighted by atomic mass is 16.5. The molecule has 0 aliphatic carbocycles. The topological polar surface area (TPSA) is 45.3 Å². The van der Waals surface area contributed by atoms with Gasteiger partial charge in [-0.25, -0.2) is 0 Å². The number of aromatic nitrogens is 1. The highest BCUT2D eigenvalue weighted by Crippen LogP contribution is 2.41. The summed E-state index contributed by atoms with van der Waals surface area (Å²) in [6, 6.07) is 28.6. The summed E-state index contributed by atoms with van der Waals surface area (Å²) in [6.07, 6.45) is 0.627. The SMILES string of the molecule is COC(=O)C1Cc2c([nH]c3ccccc23)C(c2ccccc2)N1Cc1ccccc1. The maximum Gasteiger partial charge on any atom is 0.323 e. The van der Waals surface area contributed by atoms with Crippen LogP contribution in [0.1, 0.15) is 28.4 Å². The highest BCUT2D eigenvalue weighted by Gasteiger charge is 2.41. The lowest BCUT2D eigenvalue weighted by atomic mass is 9.87. The van der Waals surface area contributed by atoms with E-state index in [1.165, 1.54) is 29.3 Å². The minimum atomic E-state index is -0.355. The molecule has 1 aromatic heterocycles. The first-order chi connectivity index (χ1) is 14.8. The van der Waals surface area contributed by atoms with Crippen LogP contribution < -0.4 is 0 Å². The maximum absolute atomic E-state index is 12.9. The average Bonchev–Trinajstić information content (AvgIpc) is 3.17. The molecular weight excluding hydrogens is 372 g/mol. The summed E-state index contributed by atoms with van der Waals surface area (Å²) in [5.41, 5.74) is 5.81. The van der Waals surface area contributed by atoms with Crippen molar-refractivity contribution in [1.29, 1.82) is 0 Å². The fourth-order valence-corrected chi connectivity index (χ4v) is 4.67. The van der Waals surface area contributed by atoms with E-state index in [2.05, 4.69) is 64.5 Å². The predicted molar refractivity (Wildman–Crippen MR) is 118 cm³/mol. The standard InChI is InChI=1S/C26H24N2O2/c1-30-26(29)23-16-21-20-14-8-9-15-22(20)27-24(21)25(19-12-6-3-7-13-19)28(23)17-18-10-4-2-5-11-18/h2-15,23,25,27H,16-17H2,1H3. The van der Waals surface area contributed by atoms with E-state index in [0.717, 1.165) is 11.1 Å². The number of hydrogen-bond acceptors (Lipinski definition) is 3. The molecule has 2 atom stereocenters. The van der Waals surface area contributed by atoms with E-state index in [1.807, 2.05) is 30.3 Å². The number of H-pyrrole nitrogens is 1. The molecule has 2 unspecified atom stereocenters. The van der Waals surface area contributed by atoms with E-state index in [1.54, 1.807) is 0 Å². The third-order valence-corrected chi connectivity index (χ3v) is 6.05. The van der Waals surface area contributed by atoms with Crippen LogP contribution in [0.5, 0.6) is 0 Å². The van der Waals surface area contributed by atoms with Gasteiger partial charge in [-0.3, -0.25) is 9.69 Å². The lowest BCUT2D eigenvalue weighted by Gasteiger charge is -2.41. The lowest BCUT2D eigenvalue weighted by molar-refractivity contribution is -0.148. The number of methoxy groups -OCH3 is 1. The summed E-state index contributed by atoms with van der Waals surface area (Å²) in [6.45, 7) is 0.662. The summed E-state index contributed by atoms with van der Waals surface area (Å²) in [7, 11) is 1.48. The Morgan fingerprint density at radius 3 is 2.37 bits per heavy atom. The van der Waals surface area contributed by atoms with Crippen LogP contribution in [0.2, 0.25) is 0 Å². The second-order valence-electron chi connectivity index (χ2n) is 7.78. The second-order valence-corrected chi connectivity index (χ2v) is 7.78. The van der Waals surface area contributed by atoms with Gasteiger partial charge in [0.15, 0.2) is 0 Å². The molecule has 2 heterocycles. The summed E-state index contributed by atoms with van der Waals surface area (Å²) in [5, 5.41) is 1.18. The van der Waals surface area contributed by atoms with Crippen LogP contribution in [0.4, 0.5) is 0 Å². The fourth-order valence-electron chi connectivity index (χ4n) is 4.67. The van der Waals surface area contributed by atoms with Gasteiger partial charge in [-0.05, 0) is 22.8 Å². The molecule has 0 radical (unpaired) electrons. The van der Waals surface area contributed by atoms with Crippen molar-refractivity contribution in [2.45, 2.75) is 25.0 Å². The maximum atomic E-state index is 12.9. The Labute approximate surface area is 176 Å². The van der Waals surface area contributed by atoms with Crippen molar-refractivity contribution < 1.29 is 9.53 Å². The highest BCUT2D eigenvalue weighted by molar-refractivity contribution is 5.87. The molecule has 1 N–H and O–H groups in total. The number of rotatable bonds is 4. The first-order valence-corrected chi connectivity index (χ1v) is 10.3. The van der Waals surface area contributed by atoms with Crippen molar-refractivity contribution in [1.82, 2.24) is 9.88 Å². The number of carbonyl (C=O) groups is 1. The van der Waals surface area contributed by atoms with E-state index in [9.17, 15) is 4.79 Å². The molecule has 4 heteroatoms. The molecule has 1 aliphatic heterocycles. The summed E-state index contributed by atoms with van der Waals surface area (Å²) in [5.74, 6) is -0.192. The average molecular weight is 396 g/mol. The minimum Gasteiger partial charge on any atom is -0.468 e. The Balaban J connectivity index is 1.71. The smallest absolute Gasteiger partial charge is 0.323 e. The van der Waals surface area contributed by atoms with E-state index >= 15 is 0 Å². The van der Waals surface area contributed by atoms with Crippen molar-refractivity contribution in [2.75, 3.05) is 7.11 Å². The van der Waals surface area contributed by atoms with E-state index in [4.69, 9.17) is 4.74 Å². The monoisotopic (exact) mass is 396 g/mol. The van der Waals surface area contributed by atoms with E-state index in [0.29, 0.717) is 13.0 Å². The van der Waals surface area contributed by atoms with Crippen LogP contribution in [0.3, 0.4) is 0 Å². The molecule has 4 nitrogen and oxygen atoms in total. The lowest BCUT2D eigenvalue weighted by Crippen LogP contribution is -2.48. The van der Waals surface area contributed by atoms with Gasteiger partial charge in [0.05, 0.1) is 13.2 Å². The van der Waals surface area contributed by atoms with Crippen LogP contribution >= 0.6 is 0 Å². The van der Waals surface area contributed by atoms with Crippen molar-refractivity contribution in [3.63, 3.8) is 0 Å². The molecule has 1 aliphatic rings. The van der Waals surface area contributed by atoms with E-state index in [-0.39, 0.29) is 18.1 Å².